The Labute approximate surface area is 167 Å². The van der Waals surface area contributed by atoms with Gasteiger partial charge in [0.05, 0.1) is 0 Å². The first-order chi connectivity index (χ1) is 13.5. The van der Waals surface area contributed by atoms with Gasteiger partial charge in [-0.1, -0.05) is 17.7 Å². The van der Waals surface area contributed by atoms with Crippen LogP contribution in [0.3, 0.4) is 0 Å². The van der Waals surface area contributed by atoms with E-state index in [1.165, 1.54) is 0 Å². The van der Waals surface area contributed by atoms with Gasteiger partial charge in [-0.3, -0.25) is 9.59 Å². The summed E-state index contributed by atoms with van der Waals surface area (Å²) in [4.78, 5) is 35.7. The van der Waals surface area contributed by atoms with Crippen molar-refractivity contribution in [3.8, 4) is 5.75 Å². The minimum absolute atomic E-state index is 0.177. The molecule has 8 heteroatoms. The first kappa shape index (κ1) is 19.7. The van der Waals surface area contributed by atoms with Crippen LogP contribution in [-0.2, 0) is 14.3 Å². The number of carbonyl (C=O) groups is 3. The molecule has 2 aromatic rings. The number of amides is 2. The van der Waals surface area contributed by atoms with E-state index in [1.54, 1.807) is 48.5 Å². The molecular formula is C20H19ClN2O5. The van der Waals surface area contributed by atoms with Gasteiger partial charge in [0.1, 0.15) is 5.75 Å². The number of halogens is 1. The van der Waals surface area contributed by atoms with Crippen LogP contribution >= 0.6 is 11.6 Å². The second kappa shape index (κ2) is 9.23. The van der Waals surface area contributed by atoms with Crippen LogP contribution < -0.4 is 15.4 Å². The molecule has 0 spiro atoms. The van der Waals surface area contributed by atoms with Crippen LogP contribution in [0, 0.1) is 0 Å². The predicted molar refractivity (Wildman–Crippen MR) is 103 cm³/mol. The summed E-state index contributed by atoms with van der Waals surface area (Å²) in [5.74, 6) is -0.904. The molecule has 2 aromatic carbocycles. The van der Waals surface area contributed by atoms with Crippen molar-refractivity contribution in [3.63, 3.8) is 0 Å². The van der Waals surface area contributed by atoms with Gasteiger partial charge < -0.3 is 20.1 Å². The lowest BCUT2D eigenvalue weighted by Gasteiger charge is -2.09. The smallest absolute Gasteiger partial charge is 0.344 e. The molecule has 7 nitrogen and oxygen atoms in total. The van der Waals surface area contributed by atoms with Gasteiger partial charge in [-0.25, -0.2) is 4.79 Å². The molecule has 0 aromatic heterocycles. The number of esters is 1. The summed E-state index contributed by atoms with van der Waals surface area (Å²) in [6, 6.07) is 13.3. The quantitative estimate of drug-likeness (QED) is 0.662. The number of hydrogen-bond donors (Lipinski definition) is 2. The van der Waals surface area contributed by atoms with Crippen molar-refractivity contribution >= 4 is 35.1 Å². The highest BCUT2D eigenvalue weighted by molar-refractivity contribution is 6.30. The first-order valence-electron chi connectivity index (χ1n) is 8.74. The van der Waals surface area contributed by atoms with E-state index in [4.69, 9.17) is 21.1 Å². The molecule has 1 saturated carbocycles. The maximum absolute atomic E-state index is 12.0. The molecule has 3 rings (SSSR count). The number of hydrogen-bond acceptors (Lipinski definition) is 5. The van der Waals surface area contributed by atoms with E-state index < -0.39 is 18.5 Å². The summed E-state index contributed by atoms with van der Waals surface area (Å²) in [5, 5.41) is 6.03. The molecule has 0 heterocycles. The molecule has 2 N–H and O–H groups in total. The molecule has 0 saturated heterocycles. The van der Waals surface area contributed by atoms with Gasteiger partial charge in [-0.2, -0.15) is 0 Å². The number of benzene rings is 2. The molecule has 0 bridgehead atoms. The molecule has 0 aliphatic heterocycles. The second-order valence-corrected chi connectivity index (χ2v) is 6.72. The van der Waals surface area contributed by atoms with E-state index in [-0.39, 0.29) is 18.6 Å². The highest BCUT2D eigenvalue weighted by atomic mass is 35.5. The van der Waals surface area contributed by atoms with Crippen molar-refractivity contribution in [2.75, 3.05) is 18.5 Å². The highest BCUT2D eigenvalue weighted by Crippen LogP contribution is 2.20. The molecule has 0 radical (unpaired) electrons. The second-order valence-electron chi connectivity index (χ2n) is 6.28. The normalized spacial score (nSPS) is 12.8. The molecule has 2 amide bonds. The van der Waals surface area contributed by atoms with Crippen molar-refractivity contribution in [1.29, 1.82) is 0 Å². The summed E-state index contributed by atoms with van der Waals surface area (Å²) in [5.41, 5.74) is 0.903. The lowest BCUT2D eigenvalue weighted by atomic mass is 10.2. The third-order valence-corrected chi connectivity index (χ3v) is 4.11. The number of nitrogens with one attached hydrogen (secondary N) is 2. The van der Waals surface area contributed by atoms with E-state index >= 15 is 0 Å². The third-order valence-electron chi connectivity index (χ3n) is 3.86. The number of carbonyl (C=O) groups excluding carboxylic acids is 3. The van der Waals surface area contributed by atoms with Crippen molar-refractivity contribution in [2.45, 2.75) is 18.9 Å². The SMILES string of the molecule is O=C(COC(=O)COc1ccc(Cl)cc1)Nc1cccc(C(=O)NC2CC2)c1. The van der Waals surface area contributed by atoms with E-state index in [0.29, 0.717) is 22.0 Å². The van der Waals surface area contributed by atoms with Crippen molar-refractivity contribution < 1.29 is 23.9 Å². The standard InChI is InChI=1S/C20H19ClN2O5/c21-14-4-8-17(9-5-14)27-12-19(25)28-11-18(24)22-16-3-1-2-13(10-16)20(26)23-15-6-7-15/h1-5,8-10,15H,6-7,11-12H2,(H,22,24)(H,23,26). The van der Waals surface area contributed by atoms with Crippen LogP contribution in [0.25, 0.3) is 0 Å². The predicted octanol–water partition coefficient (Wildman–Crippen LogP) is 2.79. The van der Waals surface area contributed by atoms with E-state index in [9.17, 15) is 14.4 Å². The summed E-state index contributed by atoms with van der Waals surface area (Å²) in [6.07, 6.45) is 1.99. The summed E-state index contributed by atoms with van der Waals surface area (Å²) in [6.45, 7) is -0.785. The zero-order valence-corrected chi connectivity index (χ0v) is 15.7. The molecule has 1 aliphatic carbocycles. The van der Waals surface area contributed by atoms with Gasteiger partial charge in [0.15, 0.2) is 13.2 Å². The van der Waals surface area contributed by atoms with Crippen LogP contribution in [0.5, 0.6) is 5.75 Å². The topological polar surface area (TPSA) is 93.7 Å². The minimum atomic E-state index is -0.678. The lowest BCUT2D eigenvalue weighted by Crippen LogP contribution is -2.26. The largest absolute Gasteiger partial charge is 0.482 e. The summed E-state index contributed by atoms with van der Waals surface area (Å²) < 4.78 is 10.1. The monoisotopic (exact) mass is 402 g/mol. The first-order valence-corrected chi connectivity index (χ1v) is 9.12. The van der Waals surface area contributed by atoms with Crippen LogP contribution in [0.1, 0.15) is 23.2 Å². The Morgan fingerprint density at radius 3 is 2.50 bits per heavy atom. The Morgan fingerprint density at radius 2 is 1.79 bits per heavy atom. The highest BCUT2D eigenvalue weighted by Gasteiger charge is 2.23. The van der Waals surface area contributed by atoms with Gasteiger partial charge in [-0.15, -0.1) is 0 Å². The van der Waals surface area contributed by atoms with Crippen molar-refractivity contribution in [3.05, 3.63) is 59.1 Å². The molecule has 0 atom stereocenters. The third kappa shape index (κ3) is 6.28. The van der Waals surface area contributed by atoms with Gasteiger partial charge in [0.2, 0.25) is 0 Å². The Bertz CT molecular complexity index is 865. The number of ether oxygens (including phenoxy) is 2. The molecular weight excluding hydrogens is 384 g/mol. The molecule has 1 fully saturated rings. The number of anilines is 1. The molecule has 146 valence electrons. The van der Waals surface area contributed by atoms with Crippen LogP contribution in [0.4, 0.5) is 5.69 Å². The fourth-order valence-electron chi connectivity index (χ4n) is 2.29. The van der Waals surface area contributed by atoms with Gasteiger partial charge >= 0.3 is 5.97 Å². The average molecular weight is 403 g/mol. The fraction of sp³-hybridized carbons (Fsp3) is 0.250. The minimum Gasteiger partial charge on any atom is -0.482 e. The Hall–Kier alpha value is -3.06. The summed E-state index contributed by atoms with van der Waals surface area (Å²) >= 11 is 5.76. The molecule has 0 unspecified atom stereocenters. The van der Waals surface area contributed by atoms with Gasteiger partial charge in [0, 0.05) is 22.3 Å². The fourth-order valence-corrected chi connectivity index (χ4v) is 2.42. The average Bonchev–Trinajstić information content (AvgIpc) is 3.50. The van der Waals surface area contributed by atoms with Crippen molar-refractivity contribution in [2.24, 2.45) is 0 Å². The van der Waals surface area contributed by atoms with E-state index in [1.807, 2.05) is 0 Å². The van der Waals surface area contributed by atoms with Gasteiger partial charge in [-0.05, 0) is 55.3 Å². The number of rotatable bonds is 8. The lowest BCUT2D eigenvalue weighted by molar-refractivity contribution is -0.149. The van der Waals surface area contributed by atoms with Crippen molar-refractivity contribution in [1.82, 2.24) is 5.32 Å². The van der Waals surface area contributed by atoms with Crippen LogP contribution in [0.2, 0.25) is 5.02 Å². The van der Waals surface area contributed by atoms with Crippen LogP contribution in [-0.4, -0.2) is 37.0 Å². The molecule has 1 aliphatic rings. The Morgan fingerprint density at radius 1 is 1.04 bits per heavy atom. The summed E-state index contributed by atoms with van der Waals surface area (Å²) in [7, 11) is 0. The maximum Gasteiger partial charge on any atom is 0.344 e. The van der Waals surface area contributed by atoms with Crippen LogP contribution in [0.15, 0.2) is 48.5 Å². The van der Waals surface area contributed by atoms with Gasteiger partial charge in [0.25, 0.3) is 11.8 Å². The van der Waals surface area contributed by atoms with E-state index in [0.717, 1.165) is 12.8 Å². The Kier molecular flexibility index (Phi) is 6.49. The maximum atomic E-state index is 12.0. The molecule has 28 heavy (non-hydrogen) atoms. The Balaban J connectivity index is 1.41. The zero-order valence-electron chi connectivity index (χ0n) is 14.9. The zero-order chi connectivity index (χ0) is 19.9. The van der Waals surface area contributed by atoms with E-state index in [2.05, 4.69) is 10.6 Å².